The number of nitrogens with one attached hydrogen (secondary N) is 2. The van der Waals surface area contributed by atoms with Crippen molar-refractivity contribution in [2.75, 3.05) is 19.6 Å². The van der Waals surface area contributed by atoms with Gasteiger partial charge in [-0.2, -0.15) is 0 Å². The van der Waals surface area contributed by atoms with Crippen LogP contribution in [0.5, 0.6) is 0 Å². The molecule has 1 unspecified atom stereocenters. The largest absolute Gasteiger partial charge is 0.349 e. The van der Waals surface area contributed by atoms with E-state index in [1.54, 1.807) is 12.1 Å². The number of nitrogens with zero attached hydrogens (tertiary/aromatic N) is 4. The predicted octanol–water partition coefficient (Wildman–Crippen LogP) is 1.30. The van der Waals surface area contributed by atoms with Gasteiger partial charge in [0.1, 0.15) is 11.6 Å². The van der Waals surface area contributed by atoms with Gasteiger partial charge in [0.2, 0.25) is 5.91 Å². The molecule has 3 heterocycles. The third-order valence-electron chi connectivity index (χ3n) is 5.76. The second-order valence-corrected chi connectivity index (χ2v) is 7.90. The van der Waals surface area contributed by atoms with Gasteiger partial charge >= 0.3 is 0 Å². The molecule has 0 aliphatic carbocycles. The topological polar surface area (TPSA) is 92.2 Å². The fraction of sp³-hybridized carbons (Fsp3) is 0.524. The number of fused-ring (bicyclic) bond motifs is 1. The molecule has 2 amide bonds. The van der Waals surface area contributed by atoms with Gasteiger partial charge in [0, 0.05) is 50.1 Å². The second kappa shape index (κ2) is 8.73. The fourth-order valence-electron chi connectivity index (χ4n) is 4.14. The quantitative estimate of drug-likeness (QED) is 0.795. The maximum absolute atomic E-state index is 12.7. The molecule has 2 N–H and O–H groups in total. The molecule has 2 aliphatic rings. The van der Waals surface area contributed by atoms with E-state index < -0.39 is 0 Å². The lowest BCUT2D eigenvalue weighted by Gasteiger charge is -2.32. The van der Waals surface area contributed by atoms with Crippen LogP contribution < -0.4 is 10.6 Å². The van der Waals surface area contributed by atoms with Crippen molar-refractivity contribution < 1.29 is 9.59 Å². The number of piperidine rings is 1. The maximum atomic E-state index is 12.7. The standard InChI is InChI=1S/C21H28N6O2/c1-15(23-21(29)17-5-3-2-4-6-17)13-19(28)26-10-7-16(8-11-26)20-25-24-18-14-22-9-12-27(18)20/h2-6,15-16,22H,7-14H2,1H3,(H,23,29). The third kappa shape index (κ3) is 4.48. The van der Waals surface area contributed by atoms with Crippen LogP contribution >= 0.6 is 0 Å². The number of carbonyl (C=O) groups excluding carboxylic acids is 2. The van der Waals surface area contributed by atoms with E-state index in [0.29, 0.717) is 17.9 Å². The van der Waals surface area contributed by atoms with Crippen LogP contribution in [0.25, 0.3) is 0 Å². The van der Waals surface area contributed by atoms with Gasteiger partial charge in [0.15, 0.2) is 0 Å². The van der Waals surface area contributed by atoms with E-state index in [4.69, 9.17) is 0 Å². The fourth-order valence-corrected chi connectivity index (χ4v) is 4.14. The summed E-state index contributed by atoms with van der Waals surface area (Å²) in [6.07, 6.45) is 2.12. The van der Waals surface area contributed by atoms with Gasteiger partial charge < -0.3 is 20.1 Å². The van der Waals surface area contributed by atoms with Gasteiger partial charge in [-0.05, 0) is 31.9 Å². The van der Waals surface area contributed by atoms with Crippen LogP contribution in [0, 0.1) is 0 Å². The van der Waals surface area contributed by atoms with Gasteiger partial charge in [-0.3, -0.25) is 9.59 Å². The van der Waals surface area contributed by atoms with Crippen molar-refractivity contribution in [1.82, 2.24) is 30.3 Å². The summed E-state index contributed by atoms with van der Waals surface area (Å²) < 4.78 is 2.24. The molecule has 2 aromatic rings. The molecule has 1 atom stereocenters. The van der Waals surface area contributed by atoms with Gasteiger partial charge in [-0.1, -0.05) is 18.2 Å². The normalized spacial score (nSPS) is 18.2. The van der Waals surface area contributed by atoms with Gasteiger partial charge in [0.25, 0.3) is 5.91 Å². The van der Waals surface area contributed by atoms with Crippen molar-refractivity contribution in [3.63, 3.8) is 0 Å². The summed E-state index contributed by atoms with van der Waals surface area (Å²) in [5.41, 5.74) is 0.611. The van der Waals surface area contributed by atoms with Crippen LogP contribution in [-0.4, -0.2) is 57.2 Å². The highest BCUT2D eigenvalue weighted by Gasteiger charge is 2.29. The lowest BCUT2D eigenvalue weighted by atomic mass is 9.95. The first kappa shape index (κ1) is 19.6. The molecule has 1 saturated heterocycles. The van der Waals surface area contributed by atoms with E-state index in [-0.39, 0.29) is 17.9 Å². The van der Waals surface area contributed by atoms with Crippen molar-refractivity contribution in [3.05, 3.63) is 47.5 Å². The van der Waals surface area contributed by atoms with E-state index in [2.05, 4.69) is 25.4 Å². The Balaban J connectivity index is 1.27. The third-order valence-corrected chi connectivity index (χ3v) is 5.76. The Labute approximate surface area is 170 Å². The first-order valence-corrected chi connectivity index (χ1v) is 10.4. The molecular weight excluding hydrogens is 368 g/mol. The first-order valence-electron chi connectivity index (χ1n) is 10.4. The Morgan fingerprint density at radius 2 is 1.93 bits per heavy atom. The molecule has 1 aromatic heterocycles. The molecule has 1 fully saturated rings. The van der Waals surface area contributed by atoms with E-state index >= 15 is 0 Å². The van der Waals surface area contributed by atoms with Gasteiger partial charge in [-0.15, -0.1) is 10.2 Å². The number of benzene rings is 1. The van der Waals surface area contributed by atoms with Crippen LogP contribution in [0.1, 0.15) is 54.1 Å². The van der Waals surface area contributed by atoms with E-state index in [9.17, 15) is 9.59 Å². The number of hydrogen-bond acceptors (Lipinski definition) is 5. The zero-order valence-electron chi connectivity index (χ0n) is 16.8. The molecule has 29 heavy (non-hydrogen) atoms. The zero-order valence-corrected chi connectivity index (χ0v) is 16.8. The molecule has 0 spiro atoms. The molecule has 0 saturated carbocycles. The Morgan fingerprint density at radius 1 is 1.17 bits per heavy atom. The Kier molecular flexibility index (Phi) is 5.89. The minimum atomic E-state index is -0.205. The summed E-state index contributed by atoms with van der Waals surface area (Å²) in [5, 5.41) is 15.0. The highest BCUT2D eigenvalue weighted by atomic mass is 16.2. The van der Waals surface area contributed by atoms with Crippen molar-refractivity contribution in [2.45, 2.75) is 51.2 Å². The number of amides is 2. The van der Waals surface area contributed by atoms with Crippen molar-refractivity contribution in [3.8, 4) is 0 Å². The molecule has 1 aromatic carbocycles. The second-order valence-electron chi connectivity index (χ2n) is 7.90. The number of aromatic nitrogens is 3. The number of likely N-dealkylation sites (tertiary alicyclic amines) is 1. The molecule has 4 rings (SSSR count). The number of hydrogen-bond donors (Lipinski definition) is 2. The lowest BCUT2D eigenvalue weighted by Crippen LogP contribution is -2.42. The van der Waals surface area contributed by atoms with Gasteiger partial charge in [0.05, 0.1) is 6.54 Å². The highest BCUT2D eigenvalue weighted by molar-refractivity contribution is 5.94. The van der Waals surface area contributed by atoms with E-state index in [1.807, 2.05) is 30.0 Å². The van der Waals surface area contributed by atoms with E-state index in [0.717, 1.165) is 57.2 Å². The van der Waals surface area contributed by atoms with Crippen LogP contribution in [0.2, 0.25) is 0 Å². The molecule has 2 aliphatic heterocycles. The SMILES string of the molecule is CC(CC(=O)N1CCC(c2nnc3n2CCNC3)CC1)NC(=O)c1ccccc1. The Bertz CT molecular complexity index is 857. The molecule has 8 heteroatoms. The molecule has 8 nitrogen and oxygen atoms in total. The maximum Gasteiger partial charge on any atom is 0.251 e. The summed E-state index contributed by atoms with van der Waals surface area (Å²) in [5.74, 6) is 2.38. The zero-order chi connectivity index (χ0) is 20.2. The Morgan fingerprint density at radius 3 is 2.69 bits per heavy atom. The average Bonchev–Trinajstić information content (AvgIpc) is 3.18. The van der Waals surface area contributed by atoms with Crippen molar-refractivity contribution >= 4 is 11.8 Å². The molecule has 0 bridgehead atoms. The van der Waals surface area contributed by atoms with Crippen molar-refractivity contribution in [2.24, 2.45) is 0 Å². The minimum absolute atomic E-state index is 0.0942. The molecular formula is C21H28N6O2. The Hall–Kier alpha value is -2.74. The average molecular weight is 396 g/mol. The van der Waals surface area contributed by atoms with Gasteiger partial charge in [-0.25, -0.2) is 0 Å². The minimum Gasteiger partial charge on any atom is -0.349 e. The predicted molar refractivity (Wildman–Crippen MR) is 108 cm³/mol. The summed E-state index contributed by atoms with van der Waals surface area (Å²) in [4.78, 5) is 26.8. The summed E-state index contributed by atoms with van der Waals surface area (Å²) in [6, 6.07) is 8.88. The van der Waals surface area contributed by atoms with Crippen LogP contribution in [-0.2, 0) is 17.9 Å². The highest BCUT2D eigenvalue weighted by Crippen LogP contribution is 2.28. The number of rotatable bonds is 5. The van der Waals surface area contributed by atoms with Crippen LogP contribution in [0.3, 0.4) is 0 Å². The summed E-state index contributed by atoms with van der Waals surface area (Å²) >= 11 is 0. The van der Waals surface area contributed by atoms with Crippen LogP contribution in [0.4, 0.5) is 0 Å². The van der Waals surface area contributed by atoms with Crippen LogP contribution in [0.15, 0.2) is 30.3 Å². The smallest absolute Gasteiger partial charge is 0.251 e. The molecule has 0 radical (unpaired) electrons. The first-order chi connectivity index (χ1) is 14.1. The van der Waals surface area contributed by atoms with Crippen molar-refractivity contribution in [1.29, 1.82) is 0 Å². The van der Waals surface area contributed by atoms with E-state index in [1.165, 1.54) is 0 Å². The lowest BCUT2D eigenvalue weighted by molar-refractivity contribution is -0.132. The monoisotopic (exact) mass is 396 g/mol. The number of carbonyl (C=O) groups is 2. The summed E-state index contributed by atoms with van der Waals surface area (Å²) in [7, 11) is 0. The molecule has 154 valence electrons. The summed E-state index contributed by atoms with van der Waals surface area (Å²) in [6.45, 7) is 5.96.